The van der Waals surface area contributed by atoms with Crippen molar-refractivity contribution in [3.63, 3.8) is 0 Å². The summed E-state index contributed by atoms with van der Waals surface area (Å²) in [5.74, 6) is 0.444. The van der Waals surface area contributed by atoms with E-state index in [4.69, 9.17) is 9.84 Å². The number of carboxylic acid groups (broad SMARTS) is 1. The molecule has 82 valence electrons. The minimum Gasteiger partial charge on any atom is -0.496 e. The third-order valence-electron chi connectivity index (χ3n) is 1.87. The molecule has 0 saturated heterocycles. The highest BCUT2D eigenvalue weighted by molar-refractivity contribution is 7.99. The van der Waals surface area contributed by atoms with Crippen LogP contribution in [0.2, 0.25) is 0 Å². The number of carboxylic acids is 1. The molecule has 0 aliphatic heterocycles. The summed E-state index contributed by atoms with van der Waals surface area (Å²) in [6.07, 6.45) is 1.07. The third kappa shape index (κ3) is 3.16. The lowest BCUT2D eigenvalue weighted by Gasteiger charge is -2.06. The number of methoxy groups -OCH3 is 1. The Morgan fingerprint density at radius 3 is 2.80 bits per heavy atom. The summed E-state index contributed by atoms with van der Waals surface area (Å²) in [6.45, 7) is 2.09. The molecule has 1 aromatic rings. The molecule has 4 heteroatoms. The van der Waals surface area contributed by atoms with Gasteiger partial charge >= 0.3 is 5.97 Å². The van der Waals surface area contributed by atoms with Gasteiger partial charge in [0, 0.05) is 4.90 Å². The molecule has 0 atom stereocenters. The van der Waals surface area contributed by atoms with E-state index < -0.39 is 5.97 Å². The van der Waals surface area contributed by atoms with Crippen LogP contribution in [0.25, 0.3) is 0 Å². The summed E-state index contributed by atoms with van der Waals surface area (Å²) in [5.41, 5.74) is 0.221. The predicted molar refractivity (Wildman–Crippen MR) is 61.0 cm³/mol. The number of benzene rings is 1. The lowest BCUT2D eigenvalue weighted by molar-refractivity contribution is 0.0693. The molecule has 0 amide bonds. The first kappa shape index (κ1) is 11.9. The molecule has 3 nitrogen and oxygen atoms in total. The van der Waals surface area contributed by atoms with Crippen LogP contribution in [0.4, 0.5) is 0 Å². The van der Waals surface area contributed by atoms with Crippen molar-refractivity contribution in [3.8, 4) is 5.75 Å². The standard InChI is InChI=1S/C11H14O3S/c1-3-6-15-8-4-5-10(14-2)9(7-8)11(12)13/h4-5,7H,3,6H2,1-2H3,(H,12,13). The summed E-state index contributed by atoms with van der Waals surface area (Å²) < 4.78 is 4.98. The molecule has 0 spiro atoms. The Morgan fingerprint density at radius 1 is 1.53 bits per heavy atom. The van der Waals surface area contributed by atoms with Gasteiger partial charge in [0.05, 0.1) is 7.11 Å². The highest BCUT2D eigenvalue weighted by Crippen LogP contribution is 2.26. The summed E-state index contributed by atoms with van der Waals surface area (Å²) in [5, 5.41) is 8.96. The largest absolute Gasteiger partial charge is 0.496 e. The van der Waals surface area contributed by atoms with Gasteiger partial charge in [0.15, 0.2) is 0 Å². The number of hydrogen-bond donors (Lipinski definition) is 1. The maximum Gasteiger partial charge on any atom is 0.339 e. The van der Waals surface area contributed by atoms with Gasteiger partial charge in [-0.05, 0) is 30.4 Å². The van der Waals surface area contributed by atoms with Gasteiger partial charge in [0.1, 0.15) is 11.3 Å². The molecule has 1 rings (SSSR count). The fourth-order valence-corrected chi connectivity index (χ4v) is 1.97. The Balaban J connectivity index is 2.94. The van der Waals surface area contributed by atoms with Crippen molar-refractivity contribution in [1.82, 2.24) is 0 Å². The molecule has 0 fully saturated rings. The van der Waals surface area contributed by atoms with E-state index in [-0.39, 0.29) is 5.56 Å². The minimum atomic E-state index is -0.953. The first-order valence-electron chi connectivity index (χ1n) is 4.73. The zero-order chi connectivity index (χ0) is 11.3. The van der Waals surface area contributed by atoms with Gasteiger partial charge in [-0.25, -0.2) is 4.79 Å². The molecule has 0 saturated carbocycles. The zero-order valence-electron chi connectivity index (χ0n) is 8.82. The maximum atomic E-state index is 10.9. The van der Waals surface area contributed by atoms with Gasteiger partial charge in [-0.2, -0.15) is 0 Å². The summed E-state index contributed by atoms with van der Waals surface area (Å²) >= 11 is 1.65. The molecular weight excluding hydrogens is 212 g/mol. The summed E-state index contributed by atoms with van der Waals surface area (Å²) in [4.78, 5) is 11.9. The number of ether oxygens (including phenoxy) is 1. The molecule has 1 N–H and O–H groups in total. The van der Waals surface area contributed by atoms with Crippen LogP contribution in [0.5, 0.6) is 5.75 Å². The Kier molecular flexibility index (Phi) is 4.49. The van der Waals surface area contributed by atoms with Crippen molar-refractivity contribution in [2.75, 3.05) is 12.9 Å². The number of carbonyl (C=O) groups is 1. The van der Waals surface area contributed by atoms with E-state index in [1.54, 1.807) is 23.9 Å². The number of thioether (sulfide) groups is 1. The second-order valence-corrected chi connectivity index (χ2v) is 4.18. The number of aromatic carboxylic acids is 1. The predicted octanol–water partition coefficient (Wildman–Crippen LogP) is 2.90. The van der Waals surface area contributed by atoms with E-state index in [1.807, 2.05) is 6.07 Å². The van der Waals surface area contributed by atoms with E-state index >= 15 is 0 Å². The molecule has 0 aliphatic carbocycles. The maximum absolute atomic E-state index is 10.9. The van der Waals surface area contributed by atoms with Gasteiger partial charge in [0.25, 0.3) is 0 Å². The van der Waals surface area contributed by atoms with Gasteiger partial charge in [-0.1, -0.05) is 6.92 Å². The highest BCUT2D eigenvalue weighted by atomic mass is 32.2. The third-order valence-corrected chi connectivity index (χ3v) is 3.07. The van der Waals surface area contributed by atoms with Crippen molar-refractivity contribution in [2.24, 2.45) is 0 Å². The van der Waals surface area contributed by atoms with Crippen LogP contribution in [0.3, 0.4) is 0 Å². The average Bonchev–Trinajstić information content (AvgIpc) is 2.25. The van der Waals surface area contributed by atoms with E-state index in [9.17, 15) is 4.79 Å². The van der Waals surface area contributed by atoms with Crippen LogP contribution in [0.1, 0.15) is 23.7 Å². The summed E-state index contributed by atoms with van der Waals surface area (Å²) in [7, 11) is 1.47. The van der Waals surface area contributed by atoms with Crippen LogP contribution >= 0.6 is 11.8 Å². The molecule has 0 radical (unpaired) electrons. The first-order chi connectivity index (χ1) is 7.19. The molecule has 0 bridgehead atoms. The molecule has 0 aliphatic rings. The van der Waals surface area contributed by atoms with E-state index in [0.29, 0.717) is 5.75 Å². The first-order valence-corrected chi connectivity index (χ1v) is 5.71. The molecule has 0 heterocycles. The topological polar surface area (TPSA) is 46.5 Å². The van der Waals surface area contributed by atoms with Crippen LogP contribution in [0, 0.1) is 0 Å². The van der Waals surface area contributed by atoms with Crippen molar-refractivity contribution < 1.29 is 14.6 Å². The van der Waals surface area contributed by atoms with Gasteiger partial charge in [0.2, 0.25) is 0 Å². The molecule has 1 aromatic carbocycles. The van der Waals surface area contributed by atoms with Crippen molar-refractivity contribution >= 4 is 17.7 Å². The minimum absolute atomic E-state index is 0.221. The highest BCUT2D eigenvalue weighted by Gasteiger charge is 2.11. The van der Waals surface area contributed by atoms with Crippen molar-refractivity contribution in [3.05, 3.63) is 23.8 Å². The van der Waals surface area contributed by atoms with Crippen LogP contribution in [-0.2, 0) is 0 Å². The Bertz CT molecular complexity index is 350. The zero-order valence-corrected chi connectivity index (χ0v) is 9.63. The van der Waals surface area contributed by atoms with Crippen LogP contribution in [-0.4, -0.2) is 23.9 Å². The van der Waals surface area contributed by atoms with E-state index in [1.165, 1.54) is 7.11 Å². The quantitative estimate of drug-likeness (QED) is 0.784. The fraction of sp³-hybridized carbons (Fsp3) is 0.364. The molecule has 0 unspecified atom stereocenters. The number of hydrogen-bond acceptors (Lipinski definition) is 3. The lowest BCUT2D eigenvalue weighted by Crippen LogP contribution is -2.00. The molecule has 15 heavy (non-hydrogen) atoms. The average molecular weight is 226 g/mol. The van der Waals surface area contributed by atoms with Crippen molar-refractivity contribution in [1.29, 1.82) is 0 Å². The van der Waals surface area contributed by atoms with Gasteiger partial charge < -0.3 is 9.84 Å². The van der Waals surface area contributed by atoms with Gasteiger partial charge in [-0.15, -0.1) is 11.8 Å². The monoisotopic (exact) mass is 226 g/mol. The smallest absolute Gasteiger partial charge is 0.339 e. The fourth-order valence-electron chi connectivity index (χ4n) is 1.16. The van der Waals surface area contributed by atoms with Crippen LogP contribution in [0.15, 0.2) is 23.1 Å². The lowest BCUT2D eigenvalue weighted by atomic mass is 10.2. The Labute approximate surface area is 93.4 Å². The summed E-state index contributed by atoms with van der Waals surface area (Å²) in [6, 6.07) is 5.23. The normalized spacial score (nSPS) is 10.0. The SMILES string of the molecule is CCCSc1ccc(OC)c(C(=O)O)c1. The molecule has 0 aromatic heterocycles. The van der Waals surface area contributed by atoms with E-state index in [2.05, 4.69) is 6.92 Å². The van der Waals surface area contributed by atoms with Crippen LogP contribution < -0.4 is 4.74 Å². The second-order valence-electron chi connectivity index (χ2n) is 3.02. The second kappa shape index (κ2) is 5.66. The molecular formula is C11H14O3S. The van der Waals surface area contributed by atoms with Crippen molar-refractivity contribution in [2.45, 2.75) is 18.2 Å². The Morgan fingerprint density at radius 2 is 2.27 bits per heavy atom. The van der Waals surface area contributed by atoms with Gasteiger partial charge in [-0.3, -0.25) is 0 Å². The number of rotatable bonds is 5. The Hall–Kier alpha value is -1.16. The van der Waals surface area contributed by atoms with E-state index in [0.717, 1.165) is 17.1 Å².